The first-order valence-electron chi connectivity index (χ1n) is 10.3. The lowest BCUT2D eigenvalue weighted by Gasteiger charge is -2.35. The second-order valence-corrected chi connectivity index (χ2v) is 8.03. The standard InChI is InChI=1S/C20H27F3N4O3/c21-20(22,23)16-6-7-17(18(12-16)27(29)30)26-10-8-25(9-11-26)14-19(28)24-13-15-4-2-1-3-5-15/h6-7,12,15H,1-5,8-11,13-14H2,(H,24,28). The van der Waals surface area contributed by atoms with E-state index in [0.717, 1.165) is 25.0 Å². The van der Waals surface area contributed by atoms with Gasteiger partial charge in [0.15, 0.2) is 0 Å². The summed E-state index contributed by atoms with van der Waals surface area (Å²) in [4.78, 5) is 26.4. The molecule has 1 aliphatic heterocycles. The number of carbonyl (C=O) groups is 1. The number of halogens is 3. The Morgan fingerprint density at radius 3 is 2.40 bits per heavy atom. The third-order valence-electron chi connectivity index (χ3n) is 5.89. The van der Waals surface area contributed by atoms with Crippen molar-refractivity contribution in [2.75, 3.05) is 44.2 Å². The van der Waals surface area contributed by atoms with E-state index in [9.17, 15) is 28.1 Å². The van der Waals surface area contributed by atoms with Gasteiger partial charge in [0.05, 0.1) is 17.0 Å². The molecule has 0 bridgehead atoms. The van der Waals surface area contributed by atoms with E-state index in [1.54, 1.807) is 4.90 Å². The van der Waals surface area contributed by atoms with Crippen molar-refractivity contribution in [3.63, 3.8) is 0 Å². The van der Waals surface area contributed by atoms with E-state index in [4.69, 9.17) is 0 Å². The van der Waals surface area contributed by atoms with E-state index in [1.807, 2.05) is 4.90 Å². The maximum atomic E-state index is 12.9. The minimum absolute atomic E-state index is 0.0328. The zero-order chi connectivity index (χ0) is 21.7. The van der Waals surface area contributed by atoms with Gasteiger partial charge in [-0.25, -0.2) is 0 Å². The highest BCUT2D eigenvalue weighted by atomic mass is 19.4. The molecule has 1 N–H and O–H groups in total. The molecule has 0 radical (unpaired) electrons. The van der Waals surface area contributed by atoms with E-state index < -0.39 is 22.4 Å². The molecule has 3 rings (SSSR count). The van der Waals surface area contributed by atoms with Gasteiger partial charge >= 0.3 is 6.18 Å². The molecule has 2 fully saturated rings. The van der Waals surface area contributed by atoms with E-state index in [-0.39, 0.29) is 18.1 Å². The van der Waals surface area contributed by atoms with Gasteiger partial charge in [0.2, 0.25) is 5.91 Å². The van der Waals surface area contributed by atoms with Crippen molar-refractivity contribution in [1.29, 1.82) is 0 Å². The van der Waals surface area contributed by atoms with Crippen molar-refractivity contribution < 1.29 is 22.9 Å². The first-order valence-corrected chi connectivity index (χ1v) is 10.3. The van der Waals surface area contributed by atoms with Gasteiger partial charge in [-0.05, 0) is 30.9 Å². The number of anilines is 1. The Labute approximate surface area is 173 Å². The van der Waals surface area contributed by atoms with Gasteiger partial charge in [-0.15, -0.1) is 0 Å². The number of alkyl halides is 3. The fraction of sp³-hybridized carbons (Fsp3) is 0.650. The molecule has 166 valence electrons. The number of piperazine rings is 1. The molecule has 1 heterocycles. The minimum Gasteiger partial charge on any atom is -0.363 e. The van der Waals surface area contributed by atoms with Crippen molar-refractivity contribution >= 4 is 17.3 Å². The number of nitro groups is 1. The monoisotopic (exact) mass is 428 g/mol. The summed E-state index contributed by atoms with van der Waals surface area (Å²) in [5, 5.41) is 14.3. The summed E-state index contributed by atoms with van der Waals surface area (Å²) in [5.74, 6) is 0.523. The van der Waals surface area contributed by atoms with Crippen LogP contribution in [0, 0.1) is 16.0 Å². The molecule has 2 aliphatic rings. The maximum Gasteiger partial charge on any atom is 0.416 e. The molecular formula is C20H27F3N4O3. The van der Waals surface area contributed by atoms with Crippen LogP contribution in [0.5, 0.6) is 0 Å². The first kappa shape index (κ1) is 22.3. The summed E-state index contributed by atoms with van der Waals surface area (Å²) in [7, 11) is 0. The lowest BCUT2D eigenvalue weighted by atomic mass is 9.89. The average Bonchev–Trinajstić information content (AvgIpc) is 2.72. The molecule has 1 saturated heterocycles. The van der Waals surface area contributed by atoms with Gasteiger partial charge in [-0.1, -0.05) is 19.3 Å². The molecule has 7 nitrogen and oxygen atoms in total. The highest BCUT2D eigenvalue weighted by Gasteiger charge is 2.34. The molecule has 30 heavy (non-hydrogen) atoms. The van der Waals surface area contributed by atoms with Crippen molar-refractivity contribution in [3.8, 4) is 0 Å². The van der Waals surface area contributed by atoms with Crippen LogP contribution in [0.15, 0.2) is 18.2 Å². The number of nitro benzene ring substituents is 1. The van der Waals surface area contributed by atoms with Crippen molar-refractivity contribution in [2.24, 2.45) is 5.92 Å². The summed E-state index contributed by atoms with van der Waals surface area (Å²) in [6.45, 7) is 2.79. The van der Waals surface area contributed by atoms with Crippen LogP contribution in [-0.4, -0.2) is 55.0 Å². The third kappa shape index (κ3) is 5.84. The van der Waals surface area contributed by atoms with E-state index in [1.165, 1.54) is 19.3 Å². The summed E-state index contributed by atoms with van der Waals surface area (Å²) >= 11 is 0. The molecule has 1 saturated carbocycles. The number of nitrogens with one attached hydrogen (secondary N) is 1. The summed E-state index contributed by atoms with van der Waals surface area (Å²) < 4.78 is 38.6. The second kappa shape index (κ2) is 9.63. The number of benzene rings is 1. The van der Waals surface area contributed by atoms with Crippen LogP contribution in [0.3, 0.4) is 0 Å². The molecule has 0 atom stereocenters. The number of hydrogen-bond donors (Lipinski definition) is 1. The van der Waals surface area contributed by atoms with Crippen LogP contribution < -0.4 is 10.2 Å². The first-order chi connectivity index (χ1) is 14.2. The van der Waals surface area contributed by atoms with Gasteiger partial charge in [0.1, 0.15) is 5.69 Å². The van der Waals surface area contributed by atoms with Gasteiger partial charge in [0.25, 0.3) is 5.69 Å². The van der Waals surface area contributed by atoms with Crippen LogP contribution in [-0.2, 0) is 11.0 Å². The highest BCUT2D eigenvalue weighted by molar-refractivity contribution is 5.78. The van der Waals surface area contributed by atoms with Crippen molar-refractivity contribution in [3.05, 3.63) is 33.9 Å². The van der Waals surface area contributed by atoms with E-state index >= 15 is 0 Å². The fourth-order valence-electron chi connectivity index (χ4n) is 4.17. The van der Waals surface area contributed by atoms with Gasteiger partial charge in [0, 0.05) is 38.8 Å². The van der Waals surface area contributed by atoms with E-state index in [0.29, 0.717) is 44.7 Å². The quantitative estimate of drug-likeness (QED) is 0.555. The Bertz CT molecular complexity index is 758. The Hall–Kier alpha value is -2.36. The smallest absolute Gasteiger partial charge is 0.363 e. The zero-order valence-electron chi connectivity index (χ0n) is 16.8. The van der Waals surface area contributed by atoms with Crippen LogP contribution >= 0.6 is 0 Å². The molecule has 0 aromatic heterocycles. The average molecular weight is 428 g/mol. The summed E-state index contributed by atoms with van der Waals surface area (Å²) in [5.41, 5.74) is -1.41. The molecular weight excluding hydrogens is 401 g/mol. The molecule has 1 aromatic carbocycles. The van der Waals surface area contributed by atoms with E-state index in [2.05, 4.69) is 5.32 Å². The Morgan fingerprint density at radius 1 is 1.13 bits per heavy atom. The van der Waals surface area contributed by atoms with Gasteiger partial charge in [-0.2, -0.15) is 13.2 Å². The van der Waals surface area contributed by atoms with Gasteiger partial charge in [-0.3, -0.25) is 19.8 Å². The number of hydrogen-bond acceptors (Lipinski definition) is 5. The van der Waals surface area contributed by atoms with Crippen LogP contribution in [0.4, 0.5) is 24.5 Å². The third-order valence-corrected chi connectivity index (χ3v) is 5.89. The summed E-state index contributed by atoms with van der Waals surface area (Å²) in [6.07, 6.45) is 1.39. The fourth-order valence-corrected chi connectivity index (χ4v) is 4.17. The Kier molecular flexibility index (Phi) is 7.17. The molecule has 1 aromatic rings. The lowest BCUT2D eigenvalue weighted by Crippen LogP contribution is -2.50. The van der Waals surface area contributed by atoms with Crippen LogP contribution in [0.25, 0.3) is 0 Å². The number of rotatable bonds is 6. The zero-order valence-corrected chi connectivity index (χ0v) is 16.8. The maximum absolute atomic E-state index is 12.9. The SMILES string of the molecule is O=C(CN1CCN(c2ccc(C(F)(F)F)cc2[N+](=O)[O-])CC1)NCC1CCCCC1. The number of nitrogens with zero attached hydrogens (tertiary/aromatic N) is 3. The van der Waals surface area contributed by atoms with Crippen molar-refractivity contribution in [2.45, 2.75) is 38.3 Å². The highest BCUT2D eigenvalue weighted by Crippen LogP contribution is 2.36. The predicted molar refractivity (Wildman–Crippen MR) is 106 cm³/mol. The topological polar surface area (TPSA) is 78.7 Å². The molecule has 1 aliphatic carbocycles. The molecule has 10 heteroatoms. The Balaban J connectivity index is 1.52. The largest absolute Gasteiger partial charge is 0.416 e. The Morgan fingerprint density at radius 2 is 1.80 bits per heavy atom. The minimum atomic E-state index is -4.63. The van der Waals surface area contributed by atoms with Crippen LogP contribution in [0.2, 0.25) is 0 Å². The second-order valence-electron chi connectivity index (χ2n) is 8.03. The molecule has 0 unspecified atom stereocenters. The lowest BCUT2D eigenvalue weighted by molar-refractivity contribution is -0.384. The van der Waals surface area contributed by atoms with Crippen LogP contribution in [0.1, 0.15) is 37.7 Å². The van der Waals surface area contributed by atoms with Gasteiger partial charge < -0.3 is 10.2 Å². The normalized spacial score (nSPS) is 19.0. The summed E-state index contributed by atoms with van der Waals surface area (Å²) in [6, 6.07) is 2.61. The molecule has 1 amide bonds. The number of carbonyl (C=O) groups excluding carboxylic acids is 1. The molecule has 0 spiro atoms. The van der Waals surface area contributed by atoms with Crippen molar-refractivity contribution in [1.82, 2.24) is 10.2 Å². The number of amides is 1. The predicted octanol–water partition coefficient (Wildman–Crippen LogP) is 3.43.